The lowest BCUT2D eigenvalue weighted by Gasteiger charge is -2.36. The molecule has 0 bridgehead atoms. The number of likely N-dealkylation sites (tertiary alicyclic amines) is 1. The molecule has 8 heteroatoms. The number of hydrogen-bond donors (Lipinski definition) is 0. The zero-order chi connectivity index (χ0) is 25.3. The first-order chi connectivity index (χ1) is 15.8. The molecule has 3 aliphatic rings. The van der Waals surface area contributed by atoms with Crippen molar-refractivity contribution >= 4 is 23.8 Å². The van der Waals surface area contributed by atoms with Crippen molar-refractivity contribution in [2.24, 2.45) is 17.8 Å². The fraction of sp³-hybridized carbons (Fsp3) is 0.846. The van der Waals surface area contributed by atoms with Crippen LogP contribution < -0.4 is 0 Å². The highest BCUT2D eigenvalue weighted by Crippen LogP contribution is 2.36. The number of carbonyl (C=O) groups excluding carboxylic acids is 4. The van der Waals surface area contributed by atoms with Gasteiger partial charge in [-0.1, -0.05) is 25.7 Å². The molecule has 1 aliphatic carbocycles. The summed E-state index contributed by atoms with van der Waals surface area (Å²) >= 11 is 0. The predicted molar refractivity (Wildman–Crippen MR) is 129 cm³/mol. The number of nitrogens with zero attached hydrogens (tertiary/aromatic N) is 3. The van der Waals surface area contributed by atoms with Crippen molar-refractivity contribution in [1.82, 2.24) is 14.7 Å². The first-order valence-electron chi connectivity index (χ1n) is 12.9. The quantitative estimate of drug-likeness (QED) is 0.411. The minimum Gasteiger partial charge on any atom is -0.460 e. The van der Waals surface area contributed by atoms with Gasteiger partial charge in [-0.15, -0.1) is 0 Å². The average molecular weight is 478 g/mol. The summed E-state index contributed by atoms with van der Waals surface area (Å²) in [4.78, 5) is 58.0. The van der Waals surface area contributed by atoms with E-state index in [1.165, 1.54) is 4.90 Å². The molecule has 8 nitrogen and oxygen atoms in total. The number of hydrogen-bond acceptors (Lipinski definition) is 5. The molecule has 3 fully saturated rings. The average Bonchev–Trinajstić information content (AvgIpc) is 3.33. The third-order valence-electron chi connectivity index (χ3n) is 7.75. The van der Waals surface area contributed by atoms with Gasteiger partial charge in [0.1, 0.15) is 11.1 Å². The van der Waals surface area contributed by atoms with Crippen LogP contribution in [0.25, 0.3) is 0 Å². The highest BCUT2D eigenvalue weighted by molar-refractivity contribution is 6.06. The van der Waals surface area contributed by atoms with Crippen LogP contribution in [0.1, 0.15) is 86.0 Å². The smallest absolute Gasteiger partial charge is 0.327 e. The number of piperidine rings is 1. The van der Waals surface area contributed by atoms with Crippen molar-refractivity contribution in [1.29, 1.82) is 0 Å². The summed E-state index contributed by atoms with van der Waals surface area (Å²) in [6.07, 6.45) is 7.97. The normalized spacial score (nSPS) is 23.4. The van der Waals surface area contributed by atoms with E-state index in [4.69, 9.17) is 4.74 Å². The van der Waals surface area contributed by atoms with Gasteiger partial charge in [0, 0.05) is 26.7 Å². The van der Waals surface area contributed by atoms with Gasteiger partial charge in [0.15, 0.2) is 0 Å². The van der Waals surface area contributed by atoms with Gasteiger partial charge >= 0.3 is 12.0 Å². The standard InChI is InChI=1S/C26H43N3O5/c1-25(2,3)34-22(31)20(17-29-23(32)26(4,5)27(6)24(29)33)19(16-18-12-8-9-13-18)21(30)28-14-10-7-11-15-28/h18-20H,7-17H2,1-6H3/t19-,20-/m0/s1. The van der Waals surface area contributed by atoms with Gasteiger partial charge in [0.2, 0.25) is 5.91 Å². The molecule has 0 aromatic rings. The number of urea groups is 1. The van der Waals surface area contributed by atoms with E-state index in [-0.39, 0.29) is 18.4 Å². The zero-order valence-electron chi connectivity index (χ0n) is 21.9. The van der Waals surface area contributed by atoms with E-state index in [1.54, 1.807) is 41.7 Å². The Hall–Kier alpha value is -2.12. The van der Waals surface area contributed by atoms with E-state index in [0.717, 1.165) is 49.8 Å². The zero-order valence-corrected chi connectivity index (χ0v) is 21.9. The minimum absolute atomic E-state index is 0.0332. The maximum absolute atomic E-state index is 13.8. The largest absolute Gasteiger partial charge is 0.460 e. The number of likely N-dealkylation sites (N-methyl/N-ethyl adjacent to an activating group) is 1. The predicted octanol–water partition coefficient (Wildman–Crippen LogP) is 3.83. The molecule has 0 N–H and O–H groups in total. The second kappa shape index (κ2) is 10.2. The Balaban J connectivity index is 1.95. The Labute approximate surface area is 204 Å². The Morgan fingerprint density at radius 3 is 2.09 bits per heavy atom. The lowest BCUT2D eigenvalue weighted by molar-refractivity contribution is -0.166. The second-order valence-electron chi connectivity index (χ2n) is 11.8. The van der Waals surface area contributed by atoms with Crippen LogP contribution in [0.5, 0.6) is 0 Å². The number of carbonyl (C=O) groups is 4. The van der Waals surface area contributed by atoms with Crippen LogP contribution in [0.2, 0.25) is 0 Å². The highest BCUT2D eigenvalue weighted by Gasteiger charge is 2.52. The second-order valence-corrected chi connectivity index (χ2v) is 11.8. The molecule has 192 valence electrons. The molecule has 0 aromatic carbocycles. The summed E-state index contributed by atoms with van der Waals surface area (Å²) in [5.74, 6) is -2.01. The van der Waals surface area contributed by atoms with Gasteiger partial charge < -0.3 is 14.5 Å². The van der Waals surface area contributed by atoms with E-state index in [2.05, 4.69) is 0 Å². The van der Waals surface area contributed by atoms with Crippen molar-refractivity contribution < 1.29 is 23.9 Å². The van der Waals surface area contributed by atoms with Gasteiger partial charge in [0.25, 0.3) is 5.91 Å². The number of amides is 4. The summed E-state index contributed by atoms with van der Waals surface area (Å²) in [7, 11) is 1.59. The number of imide groups is 1. The van der Waals surface area contributed by atoms with E-state index >= 15 is 0 Å². The van der Waals surface area contributed by atoms with Gasteiger partial charge in [0.05, 0.1) is 11.8 Å². The summed E-state index contributed by atoms with van der Waals surface area (Å²) in [5, 5.41) is 0. The van der Waals surface area contributed by atoms with Crippen molar-refractivity contribution in [3.8, 4) is 0 Å². The first kappa shape index (κ1) is 26.5. The topological polar surface area (TPSA) is 87.2 Å². The molecule has 34 heavy (non-hydrogen) atoms. The fourth-order valence-corrected chi connectivity index (χ4v) is 5.47. The fourth-order valence-electron chi connectivity index (χ4n) is 5.47. The van der Waals surface area contributed by atoms with E-state index in [9.17, 15) is 19.2 Å². The van der Waals surface area contributed by atoms with Crippen LogP contribution in [0, 0.1) is 17.8 Å². The van der Waals surface area contributed by atoms with Crippen molar-refractivity contribution in [3.63, 3.8) is 0 Å². The maximum Gasteiger partial charge on any atom is 0.327 e. The molecule has 0 unspecified atom stereocenters. The molecule has 0 spiro atoms. The molecule has 3 rings (SSSR count). The summed E-state index contributed by atoms with van der Waals surface area (Å²) < 4.78 is 5.77. The van der Waals surface area contributed by atoms with E-state index < -0.39 is 35.0 Å². The third-order valence-corrected chi connectivity index (χ3v) is 7.75. The highest BCUT2D eigenvalue weighted by atomic mass is 16.6. The van der Waals surface area contributed by atoms with Gasteiger partial charge in [-0.25, -0.2) is 4.79 Å². The molecule has 2 atom stereocenters. The van der Waals surface area contributed by atoms with Crippen molar-refractivity contribution in [2.45, 2.75) is 97.1 Å². The molecule has 4 amide bonds. The van der Waals surface area contributed by atoms with Crippen LogP contribution in [-0.2, 0) is 19.1 Å². The Kier molecular flexibility index (Phi) is 7.98. The summed E-state index contributed by atoms with van der Waals surface area (Å²) in [6, 6.07) is -0.436. The molecule has 2 heterocycles. The summed E-state index contributed by atoms with van der Waals surface area (Å²) in [5.41, 5.74) is -1.73. The first-order valence-corrected chi connectivity index (χ1v) is 12.9. The number of esters is 1. The number of ether oxygens (including phenoxy) is 1. The lowest BCUT2D eigenvalue weighted by Crippen LogP contribution is -2.49. The number of rotatable bonds is 7. The van der Waals surface area contributed by atoms with Crippen LogP contribution in [0.15, 0.2) is 0 Å². The Morgan fingerprint density at radius 1 is 1.00 bits per heavy atom. The third kappa shape index (κ3) is 5.74. The van der Waals surface area contributed by atoms with Crippen molar-refractivity contribution in [3.05, 3.63) is 0 Å². The maximum atomic E-state index is 13.8. The van der Waals surface area contributed by atoms with Crippen molar-refractivity contribution in [2.75, 3.05) is 26.7 Å². The molecule has 1 saturated carbocycles. The van der Waals surface area contributed by atoms with E-state index in [1.807, 2.05) is 4.90 Å². The molecule has 0 radical (unpaired) electrons. The van der Waals surface area contributed by atoms with Crippen LogP contribution in [0.3, 0.4) is 0 Å². The Morgan fingerprint density at radius 2 is 1.59 bits per heavy atom. The Bertz CT molecular complexity index is 791. The molecular formula is C26H43N3O5. The van der Waals surface area contributed by atoms with Gasteiger partial charge in [-0.2, -0.15) is 0 Å². The minimum atomic E-state index is -0.993. The molecular weight excluding hydrogens is 434 g/mol. The molecule has 2 aliphatic heterocycles. The van der Waals surface area contributed by atoms with Crippen LogP contribution in [0.4, 0.5) is 4.79 Å². The monoisotopic (exact) mass is 477 g/mol. The molecule has 2 saturated heterocycles. The van der Waals surface area contributed by atoms with E-state index in [0.29, 0.717) is 25.4 Å². The SMILES string of the molecule is CN1C(=O)N(C[C@H](C(=O)OC(C)(C)C)[C@H](CC2CCCC2)C(=O)N2CCCCC2)C(=O)C1(C)C. The van der Waals surface area contributed by atoms with Gasteiger partial charge in [-0.3, -0.25) is 19.3 Å². The van der Waals surface area contributed by atoms with Crippen LogP contribution in [-0.4, -0.2) is 76.3 Å². The summed E-state index contributed by atoms with van der Waals surface area (Å²) in [6.45, 7) is 10.0. The lowest BCUT2D eigenvalue weighted by atomic mass is 9.81. The van der Waals surface area contributed by atoms with Gasteiger partial charge in [-0.05, 0) is 66.2 Å². The van der Waals surface area contributed by atoms with Crippen LogP contribution >= 0.6 is 0 Å². The molecule has 0 aromatic heterocycles.